The van der Waals surface area contributed by atoms with Gasteiger partial charge in [-0.2, -0.15) is 13.2 Å². The molecule has 2 rings (SSSR count). The second kappa shape index (κ2) is 14.9. The highest BCUT2D eigenvalue weighted by molar-refractivity contribution is 7.99. The number of hydrogen-bond acceptors (Lipinski definition) is 4. The Labute approximate surface area is 182 Å². The molecular formula is C21H26F3NO3S2. The summed E-state index contributed by atoms with van der Waals surface area (Å²) in [6, 6.07) is 17.6. The van der Waals surface area contributed by atoms with Crippen LogP contribution >= 0.6 is 11.8 Å². The van der Waals surface area contributed by atoms with E-state index in [9.17, 15) is 18.0 Å². The lowest BCUT2D eigenvalue weighted by atomic mass is 10.0. The molecule has 0 bridgehead atoms. The van der Waals surface area contributed by atoms with Gasteiger partial charge in [0.1, 0.15) is 0 Å². The maximum Gasteiger partial charge on any atom is 0.496 e. The van der Waals surface area contributed by atoms with E-state index in [1.807, 2.05) is 37.3 Å². The van der Waals surface area contributed by atoms with E-state index in [2.05, 4.69) is 26.0 Å². The van der Waals surface area contributed by atoms with E-state index >= 15 is 0 Å². The molecule has 0 saturated carbocycles. The van der Waals surface area contributed by atoms with Crippen molar-refractivity contribution in [3.63, 3.8) is 0 Å². The van der Waals surface area contributed by atoms with Crippen LogP contribution in [0.3, 0.4) is 0 Å². The molecule has 1 unspecified atom stereocenters. The number of benzene rings is 2. The Morgan fingerprint density at radius 1 is 1.00 bits per heavy atom. The van der Waals surface area contributed by atoms with Crippen LogP contribution in [0.1, 0.15) is 50.4 Å². The summed E-state index contributed by atoms with van der Waals surface area (Å²) < 4.78 is 48.1. The van der Waals surface area contributed by atoms with E-state index in [-0.39, 0.29) is 11.5 Å². The number of hydrogen-bond donors (Lipinski definition) is 2. The van der Waals surface area contributed by atoms with Crippen molar-refractivity contribution in [2.75, 3.05) is 0 Å². The standard InChI is InChI=1S/C17H17NOS.C3H8.CHF3O2S/c1-2-6-16(18)17(19)13-9-11-15(12-10-13)20-14-7-4-3-5-8-14;1-3-2;2-1(3,4)7(5)6/h3-5,7-12,18H,2,6H2,1H3;3H2,1-2H3;(H,5,6). The first-order valence-corrected chi connectivity index (χ1v) is 11.1. The second-order valence-electron chi connectivity index (χ2n) is 5.90. The lowest BCUT2D eigenvalue weighted by molar-refractivity contribution is -0.0446. The van der Waals surface area contributed by atoms with Gasteiger partial charge >= 0.3 is 5.51 Å². The third-order valence-electron chi connectivity index (χ3n) is 3.07. The van der Waals surface area contributed by atoms with E-state index < -0.39 is 16.6 Å². The molecule has 0 aliphatic heterocycles. The fraction of sp³-hybridized carbons (Fsp3) is 0.333. The topological polar surface area (TPSA) is 78.2 Å². The molecule has 0 amide bonds. The Hall–Kier alpha value is -1.97. The minimum absolute atomic E-state index is 0.164. The van der Waals surface area contributed by atoms with Crippen molar-refractivity contribution in [3.8, 4) is 0 Å². The van der Waals surface area contributed by atoms with Gasteiger partial charge in [0.25, 0.3) is 11.1 Å². The Kier molecular flexibility index (Phi) is 13.9. The van der Waals surface area contributed by atoms with E-state index in [0.29, 0.717) is 12.0 Å². The van der Waals surface area contributed by atoms with Crippen LogP contribution in [-0.4, -0.2) is 25.8 Å². The quantitative estimate of drug-likeness (QED) is 0.276. The molecule has 1 atom stereocenters. The number of Topliss-reactive ketones (excluding diaryl/α,β-unsaturated/α-hetero) is 1. The molecule has 0 aliphatic carbocycles. The minimum atomic E-state index is -4.97. The molecule has 9 heteroatoms. The van der Waals surface area contributed by atoms with Gasteiger partial charge in [0, 0.05) is 15.4 Å². The van der Waals surface area contributed by atoms with Crippen LogP contribution in [0.4, 0.5) is 13.2 Å². The van der Waals surface area contributed by atoms with Gasteiger partial charge in [-0.1, -0.05) is 63.6 Å². The molecular weight excluding hydrogens is 435 g/mol. The number of nitrogens with one attached hydrogen (secondary N) is 1. The maximum atomic E-state index is 12.0. The van der Waals surface area contributed by atoms with Crippen LogP contribution in [0.2, 0.25) is 0 Å². The van der Waals surface area contributed by atoms with Gasteiger partial charge in [0.2, 0.25) is 5.78 Å². The smallest absolute Gasteiger partial charge is 0.301 e. The van der Waals surface area contributed by atoms with E-state index in [0.717, 1.165) is 11.3 Å². The second-order valence-corrected chi connectivity index (χ2v) is 8.01. The fourth-order valence-electron chi connectivity index (χ4n) is 1.84. The minimum Gasteiger partial charge on any atom is -0.301 e. The van der Waals surface area contributed by atoms with Crippen LogP contribution in [0.25, 0.3) is 0 Å². The molecule has 0 spiro atoms. The lowest BCUT2D eigenvalue weighted by Gasteiger charge is -2.04. The van der Waals surface area contributed by atoms with Crippen molar-refractivity contribution in [2.45, 2.75) is 55.3 Å². The van der Waals surface area contributed by atoms with E-state index in [1.54, 1.807) is 23.9 Å². The van der Waals surface area contributed by atoms with Gasteiger partial charge in [-0.25, -0.2) is 4.21 Å². The van der Waals surface area contributed by atoms with E-state index in [4.69, 9.17) is 14.2 Å². The number of ketones is 1. The number of alkyl halides is 3. The van der Waals surface area contributed by atoms with Crippen molar-refractivity contribution in [1.82, 2.24) is 0 Å². The Bertz CT molecular complexity index is 795. The number of rotatable bonds is 6. The molecule has 0 aromatic heterocycles. The molecule has 0 saturated heterocycles. The largest absolute Gasteiger partial charge is 0.496 e. The zero-order chi connectivity index (χ0) is 23.2. The summed E-state index contributed by atoms with van der Waals surface area (Å²) in [7, 11) is 0. The molecule has 2 N–H and O–H groups in total. The Morgan fingerprint density at radius 2 is 1.43 bits per heavy atom. The van der Waals surface area contributed by atoms with Gasteiger partial charge in [0.15, 0.2) is 0 Å². The third kappa shape index (κ3) is 11.9. The summed E-state index contributed by atoms with van der Waals surface area (Å²) in [4.78, 5) is 14.2. The summed E-state index contributed by atoms with van der Waals surface area (Å²) in [5, 5.41) is 7.71. The van der Waals surface area contributed by atoms with E-state index in [1.165, 1.54) is 11.3 Å². The molecule has 0 fully saturated rings. The third-order valence-corrected chi connectivity index (χ3v) is 4.48. The summed E-state index contributed by atoms with van der Waals surface area (Å²) in [5.74, 6) is -0.164. The van der Waals surface area contributed by atoms with Gasteiger partial charge in [-0.05, 0) is 42.8 Å². The van der Waals surface area contributed by atoms with Crippen molar-refractivity contribution >= 4 is 34.3 Å². The van der Waals surface area contributed by atoms with Crippen LogP contribution in [0, 0.1) is 5.41 Å². The first-order chi connectivity index (χ1) is 14.1. The highest BCUT2D eigenvalue weighted by Crippen LogP contribution is 2.27. The highest BCUT2D eigenvalue weighted by Gasteiger charge is 2.35. The van der Waals surface area contributed by atoms with Crippen molar-refractivity contribution in [3.05, 3.63) is 60.2 Å². The summed E-state index contributed by atoms with van der Waals surface area (Å²) in [6.07, 6.45) is 2.62. The molecule has 0 aliphatic rings. The van der Waals surface area contributed by atoms with Crippen LogP contribution in [0.5, 0.6) is 0 Å². The van der Waals surface area contributed by atoms with Crippen LogP contribution in [-0.2, 0) is 11.1 Å². The first kappa shape index (κ1) is 28.0. The normalized spacial score (nSPS) is 11.3. The molecule has 0 radical (unpaired) electrons. The summed E-state index contributed by atoms with van der Waals surface area (Å²) in [6.45, 7) is 6.22. The van der Waals surface area contributed by atoms with Crippen molar-refractivity contribution in [1.29, 1.82) is 5.41 Å². The zero-order valence-electron chi connectivity index (χ0n) is 17.0. The average Bonchev–Trinajstić information content (AvgIpc) is 2.69. The highest BCUT2D eigenvalue weighted by atomic mass is 32.2. The fourth-order valence-corrected chi connectivity index (χ4v) is 2.67. The van der Waals surface area contributed by atoms with Gasteiger partial charge < -0.3 is 5.41 Å². The number of halogens is 3. The predicted molar refractivity (Wildman–Crippen MR) is 117 cm³/mol. The molecule has 2 aromatic carbocycles. The summed E-state index contributed by atoms with van der Waals surface area (Å²) in [5.41, 5.74) is -4.18. The molecule has 4 nitrogen and oxygen atoms in total. The Morgan fingerprint density at radius 3 is 1.83 bits per heavy atom. The van der Waals surface area contributed by atoms with Crippen molar-refractivity contribution < 1.29 is 26.7 Å². The first-order valence-electron chi connectivity index (χ1n) is 9.19. The summed E-state index contributed by atoms with van der Waals surface area (Å²) >= 11 is -2.02. The SMILES string of the molecule is CCC.CCCC(=N)C(=O)c1ccc(Sc2ccccc2)cc1.O=S(O)C(F)(F)F. The van der Waals surface area contributed by atoms with Gasteiger partial charge in [-0.15, -0.1) is 0 Å². The number of carbonyl (C=O) groups is 1. The maximum absolute atomic E-state index is 12.0. The van der Waals surface area contributed by atoms with Gasteiger partial charge in [-0.3, -0.25) is 9.35 Å². The van der Waals surface area contributed by atoms with Gasteiger partial charge in [0.05, 0.1) is 5.71 Å². The molecule has 0 heterocycles. The predicted octanol–water partition coefficient (Wildman–Crippen LogP) is 6.98. The Balaban J connectivity index is 0.000000706. The zero-order valence-corrected chi connectivity index (χ0v) is 18.7. The molecule has 2 aromatic rings. The number of carbonyl (C=O) groups excluding carboxylic acids is 1. The van der Waals surface area contributed by atoms with Crippen LogP contribution < -0.4 is 0 Å². The monoisotopic (exact) mass is 461 g/mol. The average molecular weight is 462 g/mol. The lowest BCUT2D eigenvalue weighted by Crippen LogP contribution is -2.14. The van der Waals surface area contributed by atoms with Crippen LogP contribution in [0.15, 0.2) is 64.4 Å². The molecule has 166 valence electrons. The van der Waals surface area contributed by atoms with Crippen molar-refractivity contribution in [2.24, 2.45) is 0 Å². The molecule has 30 heavy (non-hydrogen) atoms.